The number of hydrogen-bond acceptors (Lipinski definition) is 12. The number of nitrogens with zero attached hydrogens (tertiary/aromatic N) is 4. The molecule has 0 bridgehead atoms. The summed E-state index contributed by atoms with van der Waals surface area (Å²) in [6.07, 6.45) is 5.89. The summed E-state index contributed by atoms with van der Waals surface area (Å²) < 4.78 is 6.40. The number of carbonyl (C=O) groups excluding carboxylic acids is 5. The summed E-state index contributed by atoms with van der Waals surface area (Å²) in [6, 6.07) is 2.41. The topological polar surface area (TPSA) is 257 Å². The fourth-order valence-electron chi connectivity index (χ4n) is 6.99. The number of nitrogens with one attached hydrogen (secondary N) is 3. The number of aliphatic hydroxyl groups is 1. The Morgan fingerprint density at radius 3 is 2.48 bits per heavy atom. The second kappa shape index (κ2) is 19.7. The van der Waals surface area contributed by atoms with Crippen molar-refractivity contribution in [2.24, 2.45) is 11.7 Å². The second-order valence-electron chi connectivity index (χ2n) is 14.1. The van der Waals surface area contributed by atoms with Crippen LogP contribution in [0.1, 0.15) is 100 Å². The first-order valence-electron chi connectivity index (χ1n) is 18.0. The highest BCUT2D eigenvalue weighted by Gasteiger charge is 2.45. The van der Waals surface area contributed by atoms with Crippen LogP contribution in [-0.2, 0) is 34.0 Å². The molecule has 2 fully saturated rings. The number of rotatable bonds is 19. The van der Waals surface area contributed by atoms with Gasteiger partial charge in [-0.05, 0) is 63.6 Å². The fourth-order valence-corrected chi connectivity index (χ4v) is 7.45. The zero-order valence-electron chi connectivity index (χ0n) is 30.7. The smallest absolute Gasteiger partial charge is 0.404 e. The molecule has 4 atom stereocenters. The Labute approximate surface area is 317 Å². The lowest BCUT2D eigenvalue weighted by Crippen LogP contribution is -2.56. The van der Waals surface area contributed by atoms with E-state index in [9.17, 15) is 33.9 Å². The molecule has 2 aromatic rings. The Bertz CT molecular complexity index is 1640. The summed E-state index contributed by atoms with van der Waals surface area (Å²) in [5.41, 5.74) is 4.57. The van der Waals surface area contributed by atoms with Gasteiger partial charge in [-0.3, -0.25) is 24.0 Å². The van der Waals surface area contributed by atoms with Gasteiger partial charge in [-0.15, -0.1) is 5.10 Å². The molecule has 1 aromatic heterocycles. The molecule has 7 N–H and O–H groups in total. The van der Waals surface area contributed by atoms with Gasteiger partial charge in [-0.1, -0.05) is 43.4 Å². The van der Waals surface area contributed by atoms with Crippen LogP contribution in [-0.4, -0.2) is 104 Å². The van der Waals surface area contributed by atoms with Crippen molar-refractivity contribution < 1.29 is 48.2 Å². The van der Waals surface area contributed by atoms with Crippen molar-refractivity contribution in [1.82, 2.24) is 35.8 Å². The number of Topliss-reactive ketones (excluding diaryl/α,β-unsaturated/α-hetero) is 1. The molecule has 54 heavy (non-hydrogen) atoms. The fraction of sp³-hybridized carbons (Fsp3) is 0.600. The molecule has 1 saturated heterocycles. The molecule has 296 valence electrons. The quantitative estimate of drug-likeness (QED) is 0.0393. The van der Waals surface area contributed by atoms with E-state index >= 15 is 0 Å². The highest BCUT2D eigenvalue weighted by Crippen LogP contribution is 2.34. The molecule has 2 heterocycles. The zero-order chi connectivity index (χ0) is 39.4. The van der Waals surface area contributed by atoms with Crippen molar-refractivity contribution in [3.63, 3.8) is 0 Å². The van der Waals surface area contributed by atoms with Gasteiger partial charge < -0.3 is 36.8 Å². The summed E-state index contributed by atoms with van der Waals surface area (Å²) >= 11 is 0.915. The van der Waals surface area contributed by atoms with Crippen LogP contribution >= 0.6 is 12.0 Å². The van der Waals surface area contributed by atoms with E-state index in [2.05, 4.69) is 31.2 Å². The molecule has 1 unspecified atom stereocenters. The SMILES string of the molecule is COOSc1cccc(C(=O)N[C@H](CC2CCCCC2)C(=O)N2C[C@@H](n3nncc3C(C)(C)O)C[C@H]2C(=O)NC(CCCCNC(=O)O)C(=O)C(N)=O)c1. The summed E-state index contributed by atoms with van der Waals surface area (Å²) in [5.74, 6) is -3.92. The summed E-state index contributed by atoms with van der Waals surface area (Å²) in [6.45, 7) is 3.16. The highest BCUT2D eigenvalue weighted by molar-refractivity contribution is 7.94. The van der Waals surface area contributed by atoms with E-state index in [1.165, 1.54) is 22.9 Å². The minimum atomic E-state index is -1.37. The van der Waals surface area contributed by atoms with Crippen LogP contribution in [0, 0.1) is 5.92 Å². The van der Waals surface area contributed by atoms with Crippen molar-refractivity contribution >= 4 is 47.5 Å². The average Bonchev–Trinajstić information content (AvgIpc) is 3.81. The van der Waals surface area contributed by atoms with Crippen LogP contribution in [0.3, 0.4) is 0 Å². The maximum absolute atomic E-state index is 14.7. The first-order valence-corrected chi connectivity index (χ1v) is 18.8. The van der Waals surface area contributed by atoms with Gasteiger partial charge in [-0.2, -0.15) is 4.33 Å². The molecular weight excluding hydrogens is 724 g/mol. The van der Waals surface area contributed by atoms with E-state index in [1.807, 2.05) is 0 Å². The summed E-state index contributed by atoms with van der Waals surface area (Å²) in [7, 11) is 1.36. The second-order valence-corrected chi connectivity index (χ2v) is 14.9. The number of benzene rings is 1. The van der Waals surface area contributed by atoms with E-state index < -0.39 is 65.3 Å². The zero-order valence-corrected chi connectivity index (χ0v) is 31.5. The monoisotopic (exact) mass is 774 g/mol. The maximum atomic E-state index is 14.7. The largest absolute Gasteiger partial charge is 0.465 e. The molecule has 18 nitrogen and oxygen atoms in total. The maximum Gasteiger partial charge on any atom is 0.404 e. The van der Waals surface area contributed by atoms with Crippen molar-refractivity contribution in [1.29, 1.82) is 0 Å². The first-order chi connectivity index (χ1) is 25.7. The van der Waals surface area contributed by atoms with Gasteiger partial charge in [0.25, 0.3) is 11.8 Å². The predicted octanol–water partition coefficient (Wildman–Crippen LogP) is 1.98. The lowest BCUT2D eigenvalue weighted by molar-refractivity contribution is -0.160. The Hall–Kier alpha value is -4.59. The number of likely N-dealkylation sites (tertiary alicyclic amines) is 1. The van der Waals surface area contributed by atoms with Crippen molar-refractivity contribution in [3.8, 4) is 0 Å². The third-order valence-corrected chi connectivity index (χ3v) is 10.3. The van der Waals surface area contributed by atoms with Crippen LogP contribution in [0.15, 0.2) is 35.4 Å². The number of amides is 5. The Morgan fingerprint density at radius 2 is 1.81 bits per heavy atom. The number of nitrogens with two attached hydrogens (primary N) is 1. The van der Waals surface area contributed by atoms with Crippen LogP contribution in [0.25, 0.3) is 0 Å². The number of aromatic nitrogens is 3. The normalized spacial score (nSPS) is 18.8. The minimum absolute atomic E-state index is 0.00684. The summed E-state index contributed by atoms with van der Waals surface area (Å²) in [4.78, 5) is 84.9. The lowest BCUT2D eigenvalue weighted by atomic mass is 9.84. The van der Waals surface area contributed by atoms with Crippen LogP contribution in [0.4, 0.5) is 4.79 Å². The van der Waals surface area contributed by atoms with Gasteiger partial charge in [0.2, 0.25) is 17.6 Å². The van der Waals surface area contributed by atoms with E-state index in [0.717, 1.165) is 44.1 Å². The Kier molecular flexibility index (Phi) is 15.3. The highest BCUT2D eigenvalue weighted by atomic mass is 32.2. The molecular formula is C35H50N8O10S. The third-order valence-electron chi connectivity index (χ3n) is 9.68. The number of primary amides is 1. The first kappa shape index (κ1) is 42.2. The molecule has 2 aliphatic rings. The van der Waals surface area contributed by atoms with Crippen molar-refractivity contribution in [3.05, 3.63) is 41.7 Å². The van der Waals surface area contributed by atoms with Gasteiger partial charge in [0.1, 0.15) is 17.7 Å². The molecule has 1 saturated carbocycles. The number of ketones is 1. The molecule has 0 radical (unpaired) electrons. The molecule has 19 heteroatoms. The van der Waals surface area contributed by atoms with Crippen LogP contribution < -0.4 is 21.7 Å². The summed E-state index contributed by atoms with van der Waals surface area (Å²) in [5, 5.41) is 35.6. The molecule has 0 spiro atoms. The van der Waals surface area contributed by atoms with Crippen LogP contribution in [0.5, 0.6) is 0 Å². The Morgan fingerprint density at radius 1 is 1.07 bits per heavy atom. The van der Waals surface area contributed by atoms with E-state index in [-0.39, 0.29) is 43.8 Å². The molecule has 5 amide bonds. The third kappa shape index (κ3) is 11.7. The predicted molar refractivity (Wildman–Crippen MR) is 193 cm³/mol. The van der Waals surface area contributed by atoms with E-state index in [1.54, 1.807) is 38.1 Å². The Balaban J connectivity index is 1.65. The average molecular weight is 775 g/mol. The minimum Gasteiger partial charge on any atom is -0.465 e. The molecule has 1 aliphatic heterocycles. The van der Waals surface area contributed by atoms with E-state index in [4.69, 9.17) is 15.2 Å². The molecule has 4 rings (SSSR count). The number of carbonyl (C=O) groups is 6. The van der Waals surface area contributed by atoms with Gasteiger partial charge in [0, 0.05) is 30.0 Å². The van der Waals surface area contributed by atoms with Gasteiger partial charge in [0.15, 0.2) is 0 Å². The van der Waals surface area contributed by atoms with Crippen molar-refractivity contribution in [2.45, 2.75) is 113 Å². The lowest BCUT2D eigenvalue weighted by Gasteiger charge is -2.32. The molecule has 1 aliphatic carbocycles. The van der Waals surface area contributed by atoms with Gasteiger partial charge in [-0.25, -0.2) is 14.4 Å². The van der Waals surface area contributed by atoms with E-state index in [0.29, 0.717) is 23.4 Å². The number of unbranched alkanes of at least 4 members (excludes halogenated alkanes) is 1. The van der Waals surface area contributed by atoms with Gasteiger partial charge >= 0.3 is 6.09 Å². The van der Waals surface area contributed by atoms with Gasteiger partial charge in [0.05, 0.1) is 43.1 Å². The number of hydrogen-bond donors (Lipinski definition) is 6. The molecule has 1 aromatic carbocycles. The standard InChI is InChI=1S/C35H50N8O10S/c1-35(2,51)28-19-38-41-43(28)23-18-27(32(47)39-25(29(44)30(36)45)14-7-8-15-37-34(49)50)42(20-23)33(48)26(16-21-10-5-4-6-11-21)40-31(46)22-12-9-13-24(17-22)54-53-52-3/h9,12-13,17,19,21,23,25-27,37,51H,4-8,10-11,14-16,18,20H2,1-3H3,(H2,36,45)(H,39,47)(H,40,46)(H,49,50)/t23-,25?,26+,27-/m0/s1. The number of carboxylic acid groups (broad SMARTS) is 1. The van der Waals surface area contributed by atoms with Crippen molar-refractivity contribution in [2.75, 3.05) is 20.2 Å². The van der Waals surface area contributed by atoms with Crippen LogP contribution in [0.2, 0.25) is 0 Å².